The van der Waals surface area contributed by atoms with Crippen LogP contribution in [0.5, 0.6) is 0 Å². The highest BCUT2D eigenvalue weighted by molar-refractivity contribution is 5.56. The highest BCUT2D eigenvalue weighted by Gasteiger charge is 2.19. The van der Waals surface area contributed by atoms with Crippen LogP contribution in [-0.4, -0.2) is 0 Å². The van der Waals surface area contributed by atoms with Crippen LogP contribution in [0.2, 0.25) is 0 Å². The van der Waals surface area contributed by atoms with E-state index in [2.05, 4.69) is 43.8 Å². The van der Waals surface area contributed by atoms with Crippen molar-refractivity contribution in [2.45, 2.75) is 46.5 Å². The summed E-state index contributed by atoms with van der Waals surface area (Å²) in [7, 11) is 0. The standard InChI is InChI=1S/C16H20.C2H6/c1-3-13-8-10-14(11-9-13)12-15(4-2)16-6-5-7-16;1-2/h4,8-12,16H,2-3,5-7H2,1H3;1-2H3/b15-12-;. The normalized spacial score (nSPS) is 15.4. The molecule has 0 spiro atoms. The van der Waals surface area contributed by atoms with Crippen molar-refractivity contribution < 1.29 is 0 Å². The summed E-state index contributed by atoms with van der Waals surface area (Å²) in [5.41, 5.74) is 4.12. The average molecular weight is 242 g/mol. The van der Waals surface area contributed by atoms with Gasteiger partial charge in [0.1, 0.15) is 0 Å². The molecule has 0 N–H and O–H groups in total. The molecule has 0 aromatic heterocycles. The highest BCUT2D eigenvalue weighted by Crippen LogP contribution is 2.34. The lowest BCUT2D eigenvalue weighted by molar-refractivity contribution is 0.376. The van der Waals surface area contributed by atoms with Crippen LogP contribution in [0.3, 0.4) is 0 Å². The van der Waals surface area contributed by atoms with E-state index in [4.69, 9.17) is 0 Å². The van der Waals surface area contributed by atoms with Crippen molar-refractivity contribution in [1.29, 1.82) is 0 Å². The van der Waals surface area contributed by atoms with E-state index in [-0.39, 0.29) is 0 Å². The largest absolute Gasteiger partial charge is 0.0988 e. The third-order valence-electron chi connectivity index (χ3n) is 3.53. The van der Waals surface area contributed by atoms with Gasteiger partial charge in [-0.3, -0.25) is 0 Å². The van der Waals surface area contributed by atoms with E-state index in [1.54, 1.807) is 0 Å². The first-order valence-electron chi connectivity index (χ1n) is 7.26. The van der Waals surface area contributed by atoms with Crippen LogP contribution >= 0.6 is 0 Å². The Balaban J connectivity index is 0.000000771. The molecule has 0 amide bonds. The zero-order valence-electron chi connectivity index (χ0n) is 12.1. The molecule has 1 aliphatic rings. The van der Waals surface area contributed by atoms with Crippen LogP contribution in [0.4, 0.5) is 0 Å². The molecule has 1 aromatic carbocycles. The summed E-state index contributed by atoms with van der Waals surface area (Å²) in [6, 6.07) is 8.85. The van der Waals surface area contributed by atoms with Gasteiger partial charge < -0.3 is 0 Å². The lowest BCUT2D eigenvalue weighted by atomic mass is 9.79. The molecule has 0 heteroatoms. The Labute approximate surface area is 112 Å². The Morgan fingerprint density at radius 3 is 2.22 bits per heavy atom. The SMILES string of the molecule is C=C/C(=C/c1ccc(CC)cc1)C1CCC1.CC. The van der Waals surface area contributed by atoms with Gasteiger partial charge in [0.15, 0.2) is 0 Å². The fourth-order valence-corrected chi connectivity index (χ4v) is 2.13. The molecule has 18 heavy (non-hydrogen) atoms. The van der Waals surface area contributed by atoms with Gasteiger partial charge in [-0.2, -0.15) is 0 Å². The predicted octanol–water partition coefficient (Wildman–Crippen LogP) is 5.64. The van der Waals surface area contributed by atoms with E-state index in [0.29, 0.717) is 0 Å². The van der Waals surface area contributed by atoms with Crippen molar-refractivity contribution in [3.8, 4) is 0 Å². The Hall–Kier alpha value is -1.30. The van der Waals surface area contributed by atoms with E-state index in [0.717, 1.165) is 12.3 Å². The van der Waals surface area contributed by atoms with Gasteiger partial charge in [0, 0.05) is 0 Å². The molecular weight excluding hydrogens is 216 g/mol. The van der Waals surface area contributed by atoms with Crippen LogP contribution in [0.25, 0.3) is 6.08 Å². The Morgan fingerprint density at radius 2 is 1.83 bits per heavy atom. The molecule has 0 nitrogen and oxygen atoms in total. The summed E-state index contributed by atoms with van der Waals surface area (Å²) in [5, 5.41) is 0. The molecule has 0 atom stereocenters. The minimum absolute atomic E-state index is 0.767. The number of hydrogen-bond donors (Lipinski definition) is 0. The predicted molar refractivity (Wildman–Crippen MR) is 82.7 cm³/mol. The van der Waals surface area contributed by atoms with E-state index in [1.807, 2.05) is 19.9 Å². The van der Waals surface area contributed by atoms with Gasteiger partial charge >= 0.3 is 0 Å². The van der Waals surface area contributed by atoms with Gasteiger partial charge in [-0.05, 0) is 41.9 Å². The fourth-order valence-electron chi connectivity index (χ4n) is 2.13. The topological polar surface area (TPSA) is 0 Å². The smallest absolute Gasteiger partial charge is 0.0162 e. The fraction of sp³-hybridized carbons (Fsp3) is 0.444. The quantitative estimate of drug-likeness (QED) is 0.599. The van der Waals surface area contributed by atoms with Gasteiger partial charge in [0.05, 0.1) is 0 Å². The molecule has 1 aliphatic carbocycles. The number of aryl methyl sites for hydroxylation is 1. The van der Waals surface area contributed by atoms with E-state index in [9.17, 15) is 0 Å². The summed E-state index contributed by atoms with van der Waals surface area (Å²) in [4.78, 5) is 0. The minimum Gasteiger partial charge on any atom is -0.0988 e. The van der Waals surface area contributed by atoms with E-state index >= 15 is 0 Å². The van der Waals surface area contributed by atoms with Gasteiger partial charge in [-0.1, -0.05) is 70.2 Å². The second-order valence-electron chi connectivity index (χ2n) is 4.57. The number of benzene rings is 1. The van der Waals surface area contributed by atoms with Crippen LogP contribution in [0.15, 0.2) is 42.5 Å². The van der Waals surface area contributed by atoms with Crippen molar-refractivity contribution >= 4 is 6.08 Å². The van der Waals surface area contributed by atoms with Crippen molar-refractivity contribution in [1.82, 2.24) is 0 Å². The lowest BCUT2D eigenvalue weighted by Crippen LogP contribution is -2.12. The summed E-state index contributed by atoms with van der Waals surface area (Å²) in [6.45, 7) is 10.1. The summed E-state index contributed by atoms with van der Waals surface area (Å²) >= 11 is 0. The maximum absolute atomic E-state index is 3.93. The maximum atomic E-state index is 3.93. The van der Waals surface area contributed by atoms with Gasteiger partial charge in [0.2, 0.25) is 0 Å². The Kier molecular flexibility index (Phi) is 6.49. The first kappa shape index (κ1) is 14.8. The molecule has 0 heterocycles. The second-order valence-corrected chi connectivity index (χ2v) is 4.57. The highest BCUT2D eigenvalue weighted by atomic mass is 14.2. The third-order valence-corrected chi connectivity index (χ3v) is 3.53. The molecule has 0 aliphatic heterocycles. The third kappa shape index (κ3) is 3.87. The van der Waals surface area contributed by atoms with E-state index < -0.39 is 0 Å². The first-order chi connectivity index (χ1) is 8.83. The molecule has 0 bridgehead atoms. The second kappa shape index (κ2) is 7.92. The van der Waals surface area contributed by atoms with Crippen molar-refractivity contribution in [3.05, 3.63) is 53.6 Å². The average Bonchev–Trinajstić information content (AvgIpc) is 2.39. The summed E-state index contributed by atoms with van der Waals surface area (Å²) in [5.74, 6) is 0.767. The van der Waals surface area contributed by atoms with Gasteiger partial charge in [-0.25, -0.2) is 0 Å². The van der Waals surface area contributed by atoms with Crippen LogP contribution in [0.1, 0.15) is 51.2 Å². The Morgan fingerprint density at radius 1 is 1.22 bits per heavy atom. The molecular formula is C18H26. The van der Waals surface area contributed by atoms with E-state index in [1.165, 1.54) is 36.0 Å². The van der Waals surface area contributed by atoms with Crippen LogP contribution in [-0.2, 0) is 6.42 Å². The summed E-state index contributed by atoms with van der Waals surface area (Å²) < 4.78 is 0. The number of hydrogen-bond acceptors (Lipinski definition) is 0. The van der Waals surface area contributed by atoms with Crippen molar-refractivity contribution in [3.63, 3.8) is 0 Å². The molecule has 0 saturated heterocycles. The molecule has 2 rings (SSSR count). The lowest BCUT2D eigenvalue weighted by Gasteiger charge is -2.26. The van der Waals surface area contributed by atoms with Crippen molar-refractivity contribution in [2.24, 2.45) is 5.92 Å². The Bertz CT molecular complexity index is 377. The minimum atomic E-state index is 0.767. The number of allylic oxidation sites excluding steroid dienone is 2. The first-order valence-corrected chi connectivity index (χ1v) is 7.26. The van der Waals surface area contributed by atoms with Gasteiger partial charge in [-0.15, -0.1) is 0 Å². The van der Waals surface area contributed by atoms with Crippen LogP contribution < -0.4 is 0 Å². The molecule has 0 unspecified atom stereocenters. The maximum Gasteiger partial charge on any atom is -0.0162 e. The molecule has 1 saturated carbocycles. The number of rotatable bonds is 4. The molecule has 0 radical (unpaired) electrons. The van der Waals surface area contributed by atoms with Crippen molar-refractivity contribution in [2.75, 3.05) is 0 Å². The van der Waals surface area contributed by atoms with Crippen LogP contribution in [0, 0.1) is 5.92 Å². The molecule has 1 aromatic rings. The zero-order valence-corrected chi connectivity index (χ0v) is 12.1. The molecule has 1 fully saturated rings. The monoisotopic (exact) mass is 242 g/mol. The summed E-state index contributed by atoms with van der Waals surface area (Å²) in [6.07, 6.45) is 9.48. The zero-order chi connectivity index (χ0) is 13.4. The molecule has 98 valence electrons. The van der Waals surface area contributed by atoms with Gasteiger partial charge in [0.25, 0.3) is 0 Å².